The van der Waals surface area contributed by atoms with Gasteiger partial charge in [0.05, 0.1) is 13.2 Å². The molecule has 0 spiro atoms. The molecule has 2 unspecified atom stereocenters. The Bertz CT molecular complexity index is 324. The van der Waals surface area contributed by atoms with Gasteiger partial charge in [0.1, 0.15) is 25.7 Å². The molecule has 0 saturated carbocycles. The predicted molar refractivity (Wildman–Crippen MR) is 62.3 cm³/mol. The van der Waals surface area contributed by atoms with Crippen LogP contribution in [0.2, 0.25) is 0 Å². The van der Waals surface area contributed by atoms with E-state index in [4.69, 9.17) is 38.4 Å². The van der Waals surface area contributed by atoms with Crippen molar-refractivity contribution in [2.45, 2.75) is 23.8 Å². The van der Waals surface area contributed by atoms with Gasteiger partial charge in [-0.1, -0.05) is 0 Å². The second-order valence-electron chi connectivity index (χ2n) is 4.18. The SMILES string of the molecule is [B][C@@H]1OC2(COC)CO[C@H]1[C@H]2OP(C)(O)=S. The van der Waals surface area contributed by atoms with Gasteiger partial charge in [0.25, 0.3) is 0 Å². The molecule has 2 aliphatic rings. The Kier molecular flexibility index (Phi) is 3.50. The van der Waals surface area contributed by atoms with Crippen LogP contribution < -0.4 is 0 Å². The van der Waals surface area contributed by atoms with Crippen molar-refractivity contribution in [3.8, 4) is 0 Å². The van der Waals surface area contributed by atoms with E-state index < -0.39 is 24.2 Å². The van der Waals surface area contributed by atoms with E-state index in [0.29, 0.717) is 13.2 Å². The van der Waals surface area contributed by atoms with E-state index in [1.165, 1.54) is 6.66 Å². The maximum Gasteiger partial charge on any atom is 0.183 e. The van der Waals surface area contributed by atoms with E-state index in [0.717, 1.165) is 0 Å². The quantitative estimate of drug-likeness (QED) is 0.551. The van der Waals surface area contributed by atoms with Crippen molar-refractivity contribution >= 4 is 26.1 Å². The van der Waals surface area contributed by atoms with E-state index in [-0.39, 0.29) is 6.10 Å². The van der Waals surface area contributed by atoms with Gasteiger partial charge in [-0.25, -0.2) is 0 Å². The van der Waals surface area contributed by atoms with Crippen LogP contribution in [0, 0.1) is 0 Å². The molecular formula is C8H14BO5PS. The van der Waals surface area contributed by atoms with E-state index in [2.05, 4.69) is 0 Å². The van der Waals surface area contributed by atoms with E-state index >= 15 is 0 Å². The van der Waals surface area contributed by atoms with E-state index in [1.54, 1.807) is 7.11 Å². The molecule has 0 amide bonds. The molecule has 2 saturated heterocycles. The largest absolute Gasteiger partial charge is 0.381 e. The molecule has 5 nitrogen and oxygen atoms in total. The number of methoxy groups -OCH3 is 1. The molecule has 16 heavy (non-hydrogen) atoms. The van der Waals surface area contributed by atoms with Crippen molar-refractivity contribution in [3.63, 3.8) is 0 Å². The summed E-state index contributed by atoms with van der Waals surface area (Å²) in [4.78, 5) is 9.62. The molecule has 0 aromatic carbocycles. The average molecular weight is 264 g/mol. The van der Waals surface area contributed by atoms with Crippen LogP contribution in [0.1, 0.15) is 0 Å². The van der Waals surface area contributed by atoms with Crippen molar-refractivity contribution in [3.05, 3.63) is 0 Å². The van der Waals surface area contributed by atoms with Crippen LogP contribution in [-0.4, -0.2) is 63.5 Å². The van der Waals surface area contributed by atoms with Gasteiger partial charge >= 0.3 is 0 Å². The normalized spacial score (nSPS) is 45.8. The first-order valence-electron chi connectivity index (χ1n) is 4.90. The molecule has 1 N–H and O–H groups in total. The van der Waals surface area contributed by atoms with Gasteiger partial charge in [-0.3, -0.25) is 0 Å². The van der Waals surface area contributed by atoms with Gasteiger partial charge in [0, 0.05) is 19.8 Å². The summed E-state index contributed by atoms with van der Waals surface area (Å²) in [7, 11) is 7.32. The Morgan fingerprint density at radius 3 is 2.88 bits per heavy atom. The topological polar surface area (TPSA) is 57.2 Å². The smallest absolute Gasteiger partial charge is 0.183 e. The number of fused-ring (bicyclic) bond motifs is 2. The molecule has 2 aliphatic heterocycles. The number of rotatable bonds is 4. The van der Waals surface area contributed by atoms with Crippen molar-refractivity contribution in [2.24, 2.45) is 0 Å². The maximum absolute atomic E-state index is 9.62. The molecule has 2 heterocycles. The minimum Gasteiger partial charge on any atom is -0.381 e. The number of hydrogen-bond acceptors (Lipinski definition) is 5. The van der Waals surface area contributed by atoms with Gasteiger partial charge in [-0.15, -0.1) is 0 Å². The molecule has 2 fully saturated rings. The van der Waals surface area contributed by atoms with Crippen LogP contribution in [0.4, 0.5) is 0 Å². The fraction of sp³-hybridized carbons (Fsp3) is 1.00. The van der Waals surface area contributed by atoms with Gasteiger partial charge in [-0.05, 0) is 11.8 Å². The van der Waals surface area contributed by atoms with Gasteiger partial charge in [-0.2, -0.15) is 0 Å². The van der Waals surface area contributed by atoms with Crippen molar-refractivity contribution < 1.29 is 23.6 Å². The summed E-state index contributed by atoms with van der Waals surface area (Å²) < 4.78 is 21.7. The first kappa shape index (κ1) is 13.0. The molecule has 0 aliphatic carbocycles. The van der Waals surface area contributed by atoms with Crippen molar-refractivity contribution in [2.75, 3.05) is 27.0 Å². The molecule has 90 valence electrons. The van der Waals surface area contributed by atoms with Crippen molar-refractivity contribution in [1.29, 1.82) is 0 Å². The molecule has 0 aromatic rings. The van der Waals surface area contributed by atoms with E-state index in [9.17, 15) is 4.89 Å². The fourth-order valence-electron chi connectivity index (χ4n) is 2.18. The predicted octanol–water partition coefficient (Wildman–Crippen LogP) is -0.388. The molecule has 8 heteroatoms. The highest BCUT2D eigenvalue weighted by atomic mass is 32.5. The third-order valence-corrected chi connectivity index (χ3v) is 3.61. The highest BCUT2D eigenvalue weighted by Crippen LogP contribution is 2.49. The van der Waals surface area contributed by atoms with Crippen LogP contribution in [0.25, 0.3) is 0 Å². The van der Waals surface area contributed by atoms with Crippen LogP contribution in [0.3, 0.4) is 0 Å². The lowest BCUT2D eigenvalue weighted by molar-refractivity contribution is -0.140. The van der Waals surface area contributed by atoms with Crippen LogP contribution in [0.5, 0.6) is 0 Å². The summed E-state index contributed by atoms with van der Waals surface area (Å²) in [6, 6.07) is -0.560. The second-order valence-corrected chi connectivity index (χ2v) is 8.03. The van der Waals surface area contributed by atoms with Gasteiger partial charge < -0.3 is 23.6 Å². The van der Waals surface area contributed by atoms with Crippen molar-refractivity contribution in [1.82, 2.24) is 0 Å². The first-order chi connectivity index (χ1) is 7.38. The number of hydrogen-bond donors (Lipinski definition) is 1. The Morgan fingerprint density at radius 1 is 1.69 bits per heavy atom. The molecule has 0 aromatic heterocycles. The van der Waals surface area contributed by atoms with Crippen LogP contribution >= 0.6 is 6.49 Å². The molecule has 2 radical (unpaired) electrons. The molecular weight excluding hydrogens is 250 g/mol. The van der Waals surface area contributed by atoms with Gasteiger partial charge in [0.2, 0.25) is 0 Å². The zero-order chi connectivity index (χ0) is 12.0. The Morgan fingerprint density at radius 2 is 2.38 bits per heavy atom. The minimum absolute atomic E-state index is 0.303. The highest BCUT2D eigenvalue weighted by Gasteiger charge is 2.61. The lowest BCUT2D eigenvalue weighted by Crippen LogP contribution is -2.45. The fourth-order valence-corrected chi connectivity index (χ4v) is 3.19. The van der Waals surface area contributed by atoms with Crippen LogP contribution in [-0.2, 0) is 30.5 Å². The van der Waals surface area contributed by atoms with E-state index in [1.807, 2.05) is 0 Å². The highest BCUT2D eigenvalue weighted by molar-refractivity contribution is 8.09. The summed E-state index contributed by atoms with van der Waals surface area (Å²) >= 11 is 4.88. The summed E-state index contributed by atoms with van der Waals surface area (Å²) in [5, 5.41) is 0. The molecule has 5 atom stereocenters. The Labute approximate surface area is 101 Å². The molecule has 2 bridgehead atoms. The second kappa shape index (κ2) is 4.32. The maximum atomic E-state index is 9.62. The lowest BCUT2D eigenvalue weighted by Gasteiger charge is -2.30. The summed E-state index contributed by atoms with van der Waals surface area (Å²) in [5.41, 5.74) is -0.734. The lowest BCUT2D eigenvalue weighted by atomic mass is 9.92. The van der Waals surface area contributed by atoms with Crippen LogP contribution in [0.15, 0.2) is 0 Å². The first-order valence-corrected chi connectivity index (χ1v) is 8.03. The number of ether oxygens (including phenoxy) is 3. The zero-order valence-electron chi connectivity index (χ0n) is 9.16. The standard InChI is InChI=1S/C8H14BO5PS/c1-11-3-8-4-12-5(7(9)13-8)6(8)14-15(2,10)16/h5-7H,3-4H2,1-2H3,(H,10,16)/t5-,6+,7+,8?,15?/m0/s1. The minimum atomic E-state index is -2.78. The summed E-state index contributed by atoms with van der Waals surface area (Å²) in [6.07, 6.45) is -0.840. The third kappa shape index (κ3) is 2.23. The average Bonchev–Trinajstić information content (AvgIpc) is 2.54. The molecule has 2 rings (SSSR count). The van der Waals surface area contributed by atoms with Gasteiger partial charge in [0.15, 0.2) is 6.49 Å². The Balaban J connectivity index is 2.19. The monoisotopic (exact) mass is 264 g/mol. The Hall–Kier alpha value is 0.515. The zero-order valence-corrected chi connectivity index (χ0v) is 10.9. The third-order valence-electron chi connectivity index (χ3n) is 2.73. The summed E-state index contributed by atoms with van der Waals surface area (Å²) in [5.74, 6) is 0. The summed E-state index contributed by atoms with van der Waals surface area (Å²) in [6.45, 7) is -0.639.